The number of hydrogen-bond donors (Lipinski definition) is 0. The lowest BCUT2D eigenvalue weighted by atomic mass is 9.98. The molecule has 1 unspecified atom stereocenters. The number of carbonyl (C=O) groups is 1. The van der Waals surface area contributed by atoms with Crippen LogP contribution in [0.15, 0.2) is 69.9 Å². The van der Waals surface area contributed by atoms with Gasteiger partial charge in [-0.05, 0) is 60.9 Å². The van der Waals surface area contributed by atoms with E-state index in [-0.39, 0.29) is 17.1 Å². The highest BCUT2D eigenvalue weighted by Gasteiger charge is 2.45. The molecule has 1 aliphatic rings. The lowest BCUT2D eigenvalue weighted by molar-refractivity contribution is 0.0971. The first kappa shape index (κ1) is 20.6. The van der Waals surface area contributed by atoms with Gasteiger partial charge in [0.25, 0.3) is 5.91 Å². The van der Waals surface area contributed by atoms with Crippen molar-refractivity contribution in [2.24, 2.45) is 0 Å². The van der Waals surface area contributed by atoms with Crippen LogP contribution in [0.3, 0.4) is 0 Å². The number of nitrogens with zero attached hydrogens (tertiary/aromatic N) is 2. The van der Waals surface area contributed by atoms with Crippen molar-refractivity contribution in [3.8, 4) is 5.75 Å². The highest BCUT2D eigenvalue weighted by atomic mass is 32.1. The van der Waals surface area contributed by atoms with E-state index in [0.717, 1.165) is 26.9 Å². The van der Waals surface area contributed by atoms with E-state index >= 15 is 0 Å². The van der Waals surface area contributed by atoms with E-state index in [1.54, 1.807) is 36.3 Å². The van der Waals surface area contributed by atoms with Crippen LogP contribution >= 0.6 is 11.3 Å². The zero-order valence-corrected chi connectivity index (χ0v) is 19.6. The van der Waals surface area contributed by atoms with Crippen LogP contribution in [-0.2, 0) is 0 Å². The molecule has 6 nitrogen and oxygen atoms in total. The molecule has 168 valence electrons. The summed E-state index contributed by atoms with van der Waals surface area (Å²) >= 11 is 1.44. The minimum Gasteiger partial charge on any atom is -0.497 e. The summed E-state index contributed by atoms with van der Waals surface area (Å²) in [7, 11) is 1.60. The summed E-state index contributed by atoms with van der Waals surface area (Å²) < 4.78 is 12.3. The van der Waals surface area contributed by atoms with Gasteiger partial charge in [0.1, 0.15) is 11.3 Å². The Bertz CT molecular complexity index is 1670. The average molecular weight is 469 g/mol. The van der Waals surface area contributed by atoms with Crippen molar-refractivity contribution in [1.82, 2.24) is 4.98 Å². The van der Waals surface area contributed by atoms with Crippen LogP contribution < -0.4 is 15.1 Å². The van der Waals surface area contributed by atoms with Crippen molar-refractivity contribution in [3.63, 3.8) is 0 Å². The Kier molecular flexibility index (Phi) is 4.57. The maximum Gasteiger partial charge on any atom is 0.297 e. The maximum atomic E-state index is 13.8. The standard InChI is InChI=1S/C27H20N2O4S/c1-14-12-15(2)22-20(13-14)34-27(28-22)29-23(16-8-10-17(32-3)11-9-16)21-24(30)18-6-4-5-7-19(18)33-25(21)26(29)31/h4-13,23H,1-3H3. The third kappa shape index (κ3) is 2.97. The van der Waals surface area contributed by atoms with Crippen molar-refractivity contribution in [2.45, 2.75) is 19.9 Å². The highest BCUT2D eigenvalue weighted by Crippen LogP contribution is 2.44. The number of hydrogen-bond acceptors (Lipinski definition) is 6. The van der Waals surface area contributed by atoms with Crippen LogP contribution in [0.2, 0.25) is 0 Å². The average Bonchev–Trinajstić information content (AvgIpc) is 3.38. The number of amides is 1. The number of thiazole rings is 1. The normalized spacial score (nSPS) is 15.3. The number of ether oxygens (including phenoxy) is 1. The molecule has 0 bridgehead atoms. The second kappa shape index (κ2) is 7.53. The van der Waals surface area contributed by atoms with Gasteiger partial charge in [-0.1, -0.05) is 41.7 Å². The Morgan fingerprint density at radius 2 is 1.79 bits per heavy atom. The molecule has 7 heteroatoms. The molecule has 0 saturated carbocycles. The molecule has 34 heavy (non-hydrogen) atoms. The summed E-state index contributed by atoms with van der Waals surface area (Å²) in [6, 6.07) is 17.9. The summed E-state index contributed by atoms with van der Waals surface area (Å²) in [5.74, 6) is 0.389. The summed E-state index contributed by atoms with van der Waals surface area (Å²) in [6.45, 7) is 4.05. The topological polar surface area (TPSA) is 72.6 Å². The summed E-state index contributed by atoms with van der Waals surface area (Å²) in [5, 5.41) is 0.981. The molecule has 5 aromatic rings. The van der Waals surface area contributed by atoms with Gasteiger partial charge in [-0.3, -0.25) is 14.5 Å². The molecule has 3 aromatic carbocycles. The number of para-hydroxylation sites is 1. The third-order valence-corrected chi connectivity index (χ3v) is 7.24. The lowest BCUT2D eigenvalue weighted by Gasteiger charge is -2.22. The smallest absolute Gasteiger partial charge is 0.297 e. The molecular formula is C27H20N2O4S. The van der Waals surface area contributed by atoms with Gasteiger partial charge in [0.05, 0.1) is 34.3 Å². The second-order valence-corrected chi connectivity index (χ2v) is 9.46. The molecular weight excluding hydrogens is 448 g/mol. The zero-order chi connectivity index (χ0) is 23.6. The molecule has 0 radical (unpaired) electrons. The molecule has 0 fully saturated rings. The van der Waals surface area contributed by atoms with Crippen molar-refractivity contribution in [3.05, 3.63) is 98.9 Å². The molecule has 0 spiro atoms. The van der Waals surface area contributed by atoms with Gasteiger partial charge in [-0.15, -0.1) is 0 Å². The molecule has 1 amide bonds. The quantitative estimate of drug-likeness (QED) is 0.336. The number of benzene rings is 3. The highest BCUT2D eigenvalue weighted by molar-refractivity contribution is 7.22. The Morgan fingerprint density at radius 3 is 2.56 bits per heavy atom. The predicted octanol–water partition coefficient (Wildman–Crippen LogP) is 5.78. The minimum absolute atomic E-state index is 0.0664. The molecule has 3 heterocycles. The number of rotatable bonds is 3. The Hall–Kier alpha value is -3.97. The SMILES string of the molecule is COc1ccc(C2c3c(oc4ccccc4c3=O)C(=O)N2c2nc3c(C)cc(C)cc3s2)cc1. The molecule has 0 saturated heterocycles. The van der Waals surface area contributed by atoms with Crippen LogP contribution in [0.4, 0.5) is 5.13 Å². The fourth-order valence-corrected chi connectivity index (χ4v) is 5.85. The first-order valence-corrected chi connectivity index (χ1v) is 11.7. The van der Waals surface area contributed by atoms with Crippen LogP contribution in [0.25, 0.3) is 21.2 Å². The molecule has 0 aliphatic carbocycles. The molecule has 1 atom stereocenters. The van der Waals surface area contributed by atoms with Crippen LogP contribution in [0.5, 0.6) is 5.75 Å². The Balaban J connectivity index is 1.63. The van der Waals surface area contributed by atoms with Gasteiger partial charge in [0.15, 0.2) is 10.6 Å². The van der Waals surface area contributed by atoms with E-state index in [4.69, 9.17) is 14.1 Å². The second-order valence-electron chi connectivity index (χ2n) is 8.45. The number of carbonyl (C=O) groups excluding carboxylic acids is 1. The third-order valence-electron chi connectivity index (χ3n) is 6.23. The monoisotopic (exact) mass is 468 g/mol. The lowest BCUT2D eigenvalue weighted by Crippen LogP contribution is -2.29. The molecule has 2 aromatic heterocycles. The summed E-state index contributed by atoms with van der Waals surface area (Å²) in [4.78, 5) is 33.8. The van der Waals surface area contributed by atoms with Crippen LogP contribution in [-0.4, -0.2) is 18.0 Å². The molecule has 6 rings (SSSR count). The Labute approximate surface area is 199 Å². The van der Waals surface area contributed by atoms with E-state index in [1.807, 2.05) is 38.1 Å². The first-order valence-electron chi connectivity index (χ1n) is 10.9. The number of aryl methyl sites for hydroxylation is 2. The number of methoxy groups -OCH3 is 1. The fraction of sp³-hybridized carbons (Fsp3) is 0.148. The predicted molar refractivity (Wildman–Crippen MR) is 133 cm³/mol. The van der Waals surface area contributed by atoms with Gasteiger partial charge in [-0.25, -0.2) is 4.98 Å². The first-order chi connectivity index (χ1) is 16.5. The van der Waals surface area contributed by atoms with Crippen LogP contribution in [0, 0.1) is 13.8 Å². The van der Waals surface area contributed by atoms with Gasteiger partial charge in [0, 0.05) is 0 Å². The largest absolute Gasteiger partial charge is 0.497 e. The van der Waals surface area contributed by atoms with E-state index in [0.29, 0.717) is 27.4 Å². The summed E-state index contributed by atoms with van der Waals surface area (Å²) in [6.07, 6.45) is 0. The van der Waals surface area contributed by atoms with Gasteiger partial charge in [0.2, 0.25) is 5.76 Å². The van der Waals surface area contributed by atoms with Crippen molar-refractivity contribution in [1.29, 1.82) is 0 Å². The van der Waals surface area contributed by atoms with E-state index in [9.17, 15) is 9.59 Å². The van der Waals surface area contributed by atoms with Crippen LogP contribution in [0.1, 0.15) is 38.9 Å². The summed E-state index contributed by atoms with van der Waals surface area (Å²) in [5.41, 5.74) is 4.33. The number of fused-ring (bicyclic) bond motifs is 3. The van der Waals surface area contributed by atoms with Crippen molar-refractivity contribution in [2.75, 3.05) is 12.0 Å². The van der Waals surface area contributed by atoms with Gasteiger partial charge >= 0.3 is 0 Å². The zero-order valence-electron chi connectivity index (χ0n) is 18.8. The molecule has 1 aliphatic heterocycles. The molecule has 0 N–H and O–H groups in total. The van der Waals surface area contributed by atoms with Gasteiger partial charge < -0.3 is 9.15 Å². The van der Waals surface area contributed by atoms with Crippen molar-refractivity contribution >= 4 is 43.6 Å². The minimum atomic E-state index is -0.656. The Morgan fingerprint density at radius 1 is 1.03 bits per heavy atom. The maximum absolute atomic E-state index is 13.8. The van der Waals surface area contributed by atoms with Gasteiger partial charge in [-0.2, -0.15) is 0 Å². The number of aromatic nitrogens is 1. The van der Waals surface area contributed by atoms with Crippen molar-refractivity contribution < 1.29 is 13.9 Å². The van der Waals surface area contributed by atoms with E-state index in [1.165, 1.54) is 11.3 Å². The fourth-order valence-electron chi connectivity index (χ4n) is 4.68. The van der Waals surface area contributed by atoms with E-state index in [2.05, 4.69) is 12.1 Å². The number of anilines is 1. The van der Waals surface area contributed by atoms with E-state index < -0.39 is 6.04 Å².